The molecule has 4 heteroatoms. The van der Waals surface area contributed by atoms with Gasteiger partial charge in [0.25, 0.3) is 0 Å². The molecular weight excluding hydrogens is 386 g/mol. The number of rotatable bonds is 3. The highest BCUT2D eigenvalue weighted by atomic mass is 16.5. The van der Waals surface area contributed by atoms with E-state index in [1.807, 2.05) is 31.3 Å². The van der Waals surface area contributed by atoms with Crippen LogP contribution in [0.1, 0.15) is 64.9 Å². The van der Waals surface area contributed by atoms with E-state index in [4.69, 9.17) is 11.2 Å². The summed E-state index contributed by atoms with van der Waals surface area (Å²) in [5.74, 6) is 3.01. The fourth-order valence-corrected chi connectivity index (χ4v) is 5.45. The van der Waals surface area contributed by atoms with Crippen LogP contribution in [-0.2, 0) is 9.59 Å². The predicted octanol–water partition coefficient (Wildman–Crippen LogP) is 5.01. The third-order valence-electron chi connectivity index (χ3n) is 6.72. The molecule has 31 heavy (non-hydrogen) atoms. The van der Waals surface area contributed by atoms with Crippen molar-refractivity contribution < 1.29 is 14.3 Å². The molecule has 1 heterocycles. The van der Waals surface area contributed by atoms with E-state index in [0.29, 0.717) is 18.6 Å². The Bertz CT molecular complexity index is 1010. The number of benzene rings is 1. The number of carbonyl (C=O) groups is 2. The largest absolute Gasteiger partial charge is 0.481 e. The lowest BCUT2D eigenvalue weighted by Crippen LogP contribution is -2.43. The summed E-state index contributed by atoms with van der Waals surface area (Å²) in [5, 5.41) is 0. The summed E-state index contributed by atoms with van der Waals surface area (Å²) in [6.45, 7) is 8.70. The molecule has 0 saturated heterocycles. The van der Waals surface area contributed by atoms with Gasteiger partial charge >= 0.3 is 0 Å². The molecule has 162 valence electrons. The Morgan fingerprint density at radius 3 is 2.00 bits per heavy atom. The SMILES string of the molecule is C#CCOc1ccccc1C1C2=C(CC(C)(C)CC2=O)N(C)C2=C1C(=O)CC(C)(C)C2. The van der Waals surface area contributed by atoms with Crippen molar-refractivity contribution in [2.24, 2.45) is 10.8 Å². The monoisotopic (exact) mass is 417 g/mol. The molecule has 0 saturated carbocycles. The summed E-state index contributed by atoms with van der Waals surface area (Å²) in [6.07, 6.45) is 8.00. The van der Waals surface area contributed by atoms with Crippen molar-refractivity contribution in [2.45, 2.75) is 59.3 Å². The van der Waals surface area contributed by atoms with Crippen LogP contribution in [0.4, 0.5) is 0 Å². The number of para-hydroxylation sites is 1. The average Bonchev–Trinajstić information content (AvgIpc) is 2.67. The first-order valence-electron chi connectivity index (χ1n) is 11.0. The fraction of sp³-hybridized carbons (Fsp3) is 0.481. The van der Waals surface area contributed by atoms with Crippen LogP contribution in [0.5, 0.6) is 5.75 Å². The van der Waals surface area contributed by atoms with Crippen molar-refractivity contribution in [2.75, 3.05) is 13.7 Å². The van der Waals surface area contributed by atoms with Gasteiger partial charge in [-0.05, 0) is 29.7 Å². The number of hydrogen-bond acceptors (Lipinski definition) is 4. The van der Waals surface area contributed by atoms with Gasteiger partial charge in [0.05, 0.1) is 0 Å². The topological polar surface area (TPSA) is 46.6 Å². The normalized spacial score (nSPS) is 22.8. The van der Waals surface area contributed by atoms with Gasteiger partial charge in [0.2, 0.25) is 0 Å². The van der Waals surface area contributed by atoms with Crippen LogP contribution in [0.25, 0.3) is 0 Å². The first-order valence-corrected chi connectivity index (χ1v) is 11.0. The van der Waals surface area contributed by atoms with Crippen molar-refractivity contribution in [3.8, 4) is 18.1 Å². The molecule has 0 fully saturated rings. The van der Waals surface area contributed by atoms with Gasteiger partial charge in [-0.2, -0.15) is 0 Å². The van der Waals surface area contributed by atoms with Gasteiger partial charge in [-0.15, -0.1) is 6.42 Å². The van der Waals surface area contributed by atoms with Crippen LogP contribution in [0.2, 0.25) is 0 Å². The molecule has 0 atom stereocenters. The van der Waals surface area contributed by atoms with Gasteiger partial charge in [-0.25, -0.2) is 0 Å². The van der Waals surface area contributed by atoms with E-state index in [9.17, 15) is 9.59 Å². The van der Waals surface area contributed by atoms with E-state index in [1.54, 1.807) is 0 Å². The maximum absolute atomic E-state index is 13.5. The van der Waals surface area contributed by atoms with Crippen LogP contribution in [0.3, 0.4) is 0 Å². The Morgan fingerprint density at radius 2 is 1.48 bits per heavy atom. The summed E-state index contributed by atoms with van der Waals surface area (Å²) in [5.41, 5.74) is 4.23. The Hall–Kier alpha value is -2.80. The van der Waals surface area contributed by atoms with Crippen molar-refractivity contribution in [1.82, 2.24) is 4.90 Å². The number of ether oxygens (including phenoxy) is 1. The van der Waals surface area contributed by atoms with Crippen molar-refractivity contribution >= 4 is 11.6 Å². The highest BCUT2D eigenvalue weighted by Crippen LogP contribution is 2.54. The Kier molecular flexibility index (Phi) is 5.12. The second kappa shape index (κ2) is 7.41. The molecule has 4 rings (SSSR count). The molecular formula is C27H31NO3. The van der Waals surface area contributed by atoms with E-state index >= 15 is 0 Å². The van der Waals surface area contributed by atoms with E-state index < -0.39 is 5.92 Å². The molecule has 2 aliphatic carbocycles. The number of nitrogens with zero attached hydrogens (tertiary/aromatic N) is 1. The second-order valence-corrected chi connectivity index (χ2v) is 10.6. The third kappa shape index (κ3) is 3.71. The summed E-state index contributed by atoms with van der Waals surface area (Å²) in [4.78, 5) is 29.2. The standard InChI is InChI=1S/C27H31NO3/c1-7-12-31-22-11-9-8-10-17(22)23-24-18(13-26(2,3)15-20(24)29)28(6)19-14-27(4,5)16-21(30)25(19)23/h1,8-11,23H,12-16H2,2-6H3. The van der Waals surface area contributed by atoms with Crippen LogP contribution in [0, 0.1) is 23.2 Å². The minimum Gasteiger partial charge on any atom is -0.481 e. The van der Waals surface area contributed by atoms with Gasteiger partial charge in [0, 0.05) is 53.9 Å². The molecule has 1 aromatic carbocycles. The lowest BCUT2D eigenvalue weighted by atomic mass is 9.63. The molecule has 0 aromatic heterocycles. The molecule has 0 radical (unpaired) electrons. The van der Waals surface area contributed by atoms with Crippen molar-refractivity contribution in [1.29, 1.82) is 0 Å². The summed E-state index contributed by atoms with van der Waals surface area (Å²) >= 11 is 0. The quantitative estimate of drug-likeness (QED) is 0.649. The van der Waals surface area contributed by atoms with Gasteiger partial charge < -0.3 is 9.64 Å². The lowest BCUT2D eigenvalue weighted by Gasteiger charge is -2.48. The minimum atomic E-state index is -0.401. The van der Waals surface area contributed by atoms with Crippen molar-refractivity contribution in [3.63, 3.8) is 0 Å². The van der Waals surface area contributed by atoms with E-state index in [0.717, 1.165) is 40.9 Å². The van der Waals surface area contributed by atoms with Gasteiger partial charge in [-0.3, -0.25) is 9.59 Å². The van der Waals surface area contributed by atoms with E-state index in [-0.39, 0.29) is 29.0 Å². The van der Waals surface area contributed by atoms with Gasteiger partial charge in [0.15, 0.2) is 11.6 Å². The first kappa shape index (κ1) is 21.4. The zero-order valence-corrected chi connectivity index (χ0v) is 19.2. The smallest absolute Gasteiger partial charge is 0.162 e. The molecule has 1 aromatic rings. The van der Waals surface area contributed by atoms with Crippen molar-refractivity contribution in [3.05, 3.63) is 52.4 Å². The Labute approximate surface area is 185 Å². The second-order valence-electron chi connectivity index (χ2n) is 10.6. The lowest BCUT2D eigenvalue weighted by molar-refractivity contribution is -0.119. The van der Waals surface area contributed by atoms with Crippen LogP contribution < -0.4 is 4.74 Å². The summed E-state index contributed by atoms with van der Waals surface area (Å²) in [7, 11) is 2.02. The van der Waals surface area contributed by atoms with Crippen LogP contribution >= 0.6 is 0 Å². The Morgan fingerprint density at radius 1 is 0.968 bits per heavy atom. The number of terminal acetylenes is 1. The highest BCUT2D eigenvalue weighted by Gasteiger charge is 2.48. The maximum atomic E-state index is 13.5. The highest BCUT2D eigenvalue weighted by molar-refractivity contribution is 6.07. The molecule has 0 amide bonds. The van der Waals surface area contributed by atoms with Gasteiger partial charge in [0.1, 0.15) is 12.4 Å². The van der Waals surface area contributed by atoms with E-state index in [1.165, 1.54) is 0 Å². The summed E-state index contributed by atoms with van der Waals surface area (Å²) in [6, 6.07) is 7.68. The van der Waals surface area contributed by atoms with Crippen LogP contribution in [0.15, 0.2) is 46.8 Å². The number of carbonyl (C=O) groups excluding carboxylic acids is 2. The molecule has 0 spiro atoms. The average molecular weight is 418 g/mol. The maximum Gasteiger partial charge on any atom is 0.162 e. The molecule has 0 bridgehead atoms. The molecule has 3 aliphatic rings. The number of Topliss-reactive ketones (excluding diaryl/α,β-unsaturated/α-hetero) is 2. The molecule has 1 aliphatic heterocycles. The zero-order chi connectivity index (χ0) is 22.6. The number of ketones is 2. The minimum absolute atomic E-state index is 0.111. The van der Waals surface area contributed by atoms with Crippen LogP contribution in [-0.4, -0.2) is 30.1 Å². The number of hydrogen-bond donors (Lipinski definition) is 0. The zero-order valence-electron chi connectivity index (χ0n) is 19.2. The molecule has 0 N–H and O–H groups in total. The first-order chi connectivity index (χ1) is 14.5. The third-order valence-corrected chi connectivity index (χ3v) is 6.72. The van der Waals surface area contributed by atoms with E-state index in [2.05, 4.69) is 38.5 Å². The predicted molar refractivity (Wildman–Crippen MR) is 121 cm³/mol. The fourth-order valence-electron chi connectivity index (χ4n) is 5.45. The summed E-state index contributed by atoms with van der Waals surface area (Å²) < 4.78 is 5.86. The molecule has 0 unspecified atom stereocenters. The number of allylic oxidation sites excluding steroid dienone is 4. The molecule has 4 nitrogen and oxygen atoms in total. The van der Waals surface area contributed by atoms with Gasteiger partial charge in [-0.1, -0.05) is 51.8 Å². The Balaban J connectivity index is 1.97.